The zero-order valence-electron chi connectivity index (χ0n) is 14.8. The van der Waals surface area contributed by atoms with E-state index in [0.29, 0.717) is 18.0 Å². The number of amides is 1. The lowest BCUT2D eigenvalue weighted by molar-refractivity contribution is 0.103. The Morgan fingerprint density at radius 2 is 2.00 bits per heavy atom. The molecule has 0 atom stereocenters. The van der Waals surface area contributed by atoms with E-state index in [-0.39, 0.29) is 5.91 Å². The molecule has 0 radical (unpaired) electrons. The molecule has 0 saturated carbocycles. The number of carbonyl (C=O) groups excluding carboxylic acids is 1. The van der Waals surface area contributed by atoms with Crippen LogP contribution in [-0.4, -0.2) is 10.9 Å². The highest BCUT2D eigenvalue weighted by Crippen LogP contribution is 2.31. The molecule has 27 heavy (non-hydrogen) atoms. The lowest BCUT2D eigenvalue weighted by Gasteiger charge is -2.09. The fraction of sp³-hybridized carbons (Fsp3) is 0.0909. The number of thiophene rings is 1. The van der Waals surface area contributed by atoms with Crippen LogP contribution in [0.4, 0.5) is 5.69 Å². The van der Waals surface area contributed by atoms with Crippen molar-refractivity contribution in [1.82, 2.24) is 4.98 Å². The zero-order valence-corrected chi connectivity index (χ0v) is 15.6. The van der Waals surface area contributed by atoms with Crippen LogP contribution in [0.3, 0.4) is 0 Å². The predicted molar refractivity (Wildman–Crippen MR) is 110 cm³/mol. The molecule has 0 spiro atoms. The molecular weight excluding hydrogens is 356 g/mol. The smallest absolute Gasteiger partial charge is 0.266 e. The van der Waals surface area contributed by atoms with Crippen molar-refractivity contribution in [1.29, 1.82) is 0 Å². The molecule has 5 heteroatoms. The van der Waals surface area contributed by atoms with Crippen LogP contribution in [0.15, 0.2) is 73.1 Å². The summed E-state index contributed by atoms with van der Waals surface area (Å²) in [6.45, 7) is 2.42. The third kappa shape index (κ3) is 3.83. The Bertz CT molecular complexity index is 1090. The van der Waals surface area contributed by atoms with Crippen molar-refractivity contribution in [3.8, 4) is 5.75 Å². The van der Waals surface area contributed by atoms with Crippen LogP contribution in [-0.2, 0) is 6.61 Å². The number of aromatic nitrogens is 1. The summed E-state index contributed by atoms with van der Waals surface area (Å²) in [4.78, 5) is 17.6. The molecule has 2 aromatic heterocycles. The molecule has 1 N–H and O–H groups in total. The Morgan fingerprint density at radius 3 is 2.81 bits per heavy atom. The lowest BCUT2D eigenvalue weighted by Crippen LogP contribution is -2.11. The maximum atomic E-state index is 12.7. The van der Waals surface area contributed by atoms with Gasteiger partial charge >= 0.3 is 0 Å². The Balaban J connectivity index is 1.48. The minimum absolute atomic E-state index is 0.0990. The number of aryl methyl sites for hydroxylation is 1. The molecule has 0 unspecified atom stereocenters. The van der Waals surface area contributed by atoms with Crippen molar-refractivity contribution in [3.63, 3.8) is 0 Å². The second kappa shape index (κ2) is 7.60. The van der Waals surface area contributed by atoms with Crippen LogP contribution >= 0.6 is 11.3 Å². The number of pyridine rings is 1. The lowest BCUT2D eigenvalue weighted by atomic mass is 10.1. The van der Waals surface area contributed by atoms with Gasteiger partial charge in [0, 0.05) is 34.4 Å². The monoisotopic (exact) mass is 374 g/mol. The zero-order chi connectivity index (χ0) is 18.6. The number of hydrogen-bond acceptors (Lipinski definition) is 4. The Labute approximate surface area is 161 Å². The topological polar surface area (TPSA) is 51.2 Å². The summed E-state index contributed by atoms with van der Waals surface area (Å²) < 4.78 is 6.92. The van der Waals surface area contributed by atoms with E-state index in [2.05, 4.69) is 10.3 Å². The van der Waals surface area contributed by atoms with Crippen LogP contribution in [0.25, 0.3) is 10.1 Å². The van der Waals surface area contributed by atoms with Gasteiger partial charge in [-0.3, -0.25) is 9.78 Å². The first-order valence-corrected chi connectivity index (χ1v) is 9.43. The summed E-state index contributed by atoms with van der Waals surface area (Å²) in [5.41, 5.74) is 2.71. The normalized spacial score (nSPS) is 10.7. The number of rotatable bonds is 5. The first-order chi connectivity index (χ1) is 13.2. The van der Waals surface area contributed by atoms with Gasteiger partial charge in [0.2, 0.25) is 0 Å². The van der Waals surface area contributed by atoms with Gasteiger partial charge in [-0.15, -0.1) is 11.3 Å². The average Bonchev–Trinajstić information content (AvgIpc) is 3.05. The highest BCUT2D eigenvalue weighted by atomic mass is 32.1. The highest BCUT2D eigenvalue weighted by Gasteiger charge is 2.15. The fourth-order valence-corrected chi connectivity index (χ4v) is 4.00. The molecule has 2 heterocycles. The van der Waals surface area contributed by atoms with E-state index in [0.717, 1.165) is 26.1 Å². The Kier molecular flexibility index (Phi) is 4.85. The molecule has 4 rings (SSSR count). The molecular formula is C22H18N2O2S. The quantitative estimate of drug-likeness (QED) is 0.506. The number of nitrogens with zero attached hydrogens (tertiary/aromatic N) is 1. The molecule has 0 bridgehead atoms. The summed E-state index contributed by atoms with van der Waals surface area (Å²) in [6.07, 6.45) is 3.51. The maximum Gasteiger partial charge on any atom is 0.266 e. The molecule has 0 aliphatic carbocycles. The van der Waals surface area contributed by atoms with Crippen molar-refractivity contribution in [2.24, 2.45) is 0 Å². The van der Waals surface area contributed by atoms with Crippen molar-refractivity contribution in [2.45, 2.75) is 13.5 Å². The first kappa shape index (κ1) is 17.2. The molecule has 0 saturated heterocycles. The Hall–Kier alpha value is -3.18. The van der Waals surface area contributed by atoms with Gasteiger partial charge in [0.1, 0.15) is 12.4 Å². The largest absolute Gasteiger partial charge is 0.489 e. The van der Waals surface area contributed by atoms with Crippen LogP contribution in [0.5, 0.6) is 5.75 Å². The van der Waals surface area contributed by atoms with E-state index in [1.807, 2.05) is 67.6 Å². The minimum atomic E-state index is -0.0990. The number of nitrogens with one attached hydrogen (secondary N) is 1. The van der Waals surface area contributed by atoms with E-state index in [1.165, 1.54) is 11.3 Å². The van der Waals surface area contributed by atoms with Gasteiger partial charge in [0.25, 0.3) is 5.91 Å². The van der Waals surface area contributed by atoms with Gasteiger partial charge in [0.05, 0.1) is 4.88 Å². The second-order valence-electron chi connectivity index (χ2n) is 6.18. The standard InChI is InChI=1S/C22H18N2O2S/c1-15-19-9-2-3-10-20(19)27-21(15)22(25)24-17-7-4-8-18(12-17)26-14-16-6-5-11-23-13-16/h2-13H,14H2,1H3,(H,24,25). The maximum absolute atomic E-state index is 12.7. The molecule has 134 valence electrons. The van der Waals surface area contributed by atoms with Crippen LogP contribution in [0.2, 0.25) is 0 Å². The second-order valence-corrected chi connectivity index (χ2v) is 7.24. The van der Waals surface area contributed by atoms with E-state index in [4.69, 9.17) is 4.74 Å². The molecule has 4 aromatic rings. The van der Waals surface area contributed by atoms with Gasteiger partial charge in [-0.2, -0.15) is 0 Å². The molecule has 0 aliphatic heterocycles. The molecule has 1 amide bonds. The van der Waals surface area contributed by atoms with Gasteiger partial charge in [0.15, 0.2) is 0 Å². The number of fused-ring (bicyclic) bond motifs is 1. The van der Waals surface area contributed by atoms with Gasteiger partial charge in [-0.05, 0) is 42.1 Å². The third-order valence-electron chi connectivity index (χ3n) is 4.27. The fourth-order valence-electron chi connectivity index (χ4n) is 2.89. The van der Waals surface area contributed by atoms with Crippen molar-refractivity contribution >= 4 is 33.0 Å². The van der Waals surface area contributed by atoms with Crippen LogP contribution in [0.1, 0.15) is 20.8 Å². The van der Waals surface area contributed by atoms with Crippen molar-refractivity contribution < 1.29 is 9.53 Å². The summed E-state index contributed by atoms with van der Waals surface area (Å²) in [5, 5.41) is 4.10. The van der Waals surface area contributed by atoms with Crippen LogP contribution in [0, 0.1) is 6.92 Å². The van der Waals surface area contributed by atoms with E-state index >= 15 is 0 Å². The Morgan fingerprint density at radius 1 is 1.11 bits per heavy atom. The van der Waals surface area contributed by atoms with Gasteiger partial charge in [-0.25, -0.2) is 0 Å². The number of ether oxygens (including phenoxy) is 1. The molecule has 0 fully saturated rings. The number of hydrogen-bond donors (Lipinski definition) is 1. The average molecular weight is 374 g/mol. The summed E-state index contributed by atoms with van der Waals surface area (Å²) in [6, 6.07) is 19.3. The summed E-state index contributed by atoms with van der Waals surface area (Å²) >= 11 is 1.51. The van der Waals surface area contributed by atoms with E-state index < -0.39 is 0 Å². The molecule has 0 aliphatic rings. The highest BCUT2D eigenvalue weighted by molar-refractivity contribution is 7.21. The first-order valence-electron chi connectivity index (χ1n) is 8.62. The van der Waals surface area contributed by atoms with Gasteiger partial charge in [-0.1, -0.05) is 30.3 Å². The molecule has 4 nitrogen and oxygen atoms in total. The third-order valence-corrected chi connectivity index (χ3v) is 5.54. The van der Waals surface area contributed by atoms with Crippen LogP contribution < -0.4 is 10.1 Å². The van der Waals surface area contributed by atoms with Crippen molar-refractivity contribution in [2.75, 3.05) is 5.32 Å². The van der Waals surface area contributed by atoms with E-state index in [9.17, 15) is 4.79 Å². The summed E-state index contributed by atoms with van der Waals surface area (Å²) in [5.74, 6) is 0.600. The van der Waals surface area contributed by atoms with Crippen molar-refractivity contribution in [3.05, 3.63) is 89.1 Å². The molecule has 2 aromatic carbocycles. The minimum Gasteiger partial charge on any atom is -0.489 e. The number of carbonyl (C=O) groups is 1. The number of anilines is 1. The summed E-state index contributed by atoms with van der Waals surface area (Å²) in [7, 11) is 0. The SMILES string of the molecule is Cc1c(C(=O)Nc2cccc(OCc3cccnc3)c2)sc2ccccc12. The van der Waals surface area contributed by atoms with Gasteiger partial charge < -0.3 is 10.1 Å². The van der Waals surface area contributed by atoms with E-state index in [1.54, 1.807) is 12.4 Å². The predicted octanol–water partition coefficient (Wildman–Crippen LogP) is 5.44. The number of benzene rings is 2.